The summed E-state index contributed by atoms with van der Waals surface area (Å²) in [6.45, 7) is 19.1. The molecule has 0 fully saturated rings. The second-order valence-electron chi connectivity index (χ2n) is 13.0. The van der Waals surface area contributed by atoms with E-state index in [4.69, 9.17) is 11.3 Å². The molecule has 0 atom stereocenters. The van der Waals surface area contributed by atoms with Gasteiger partial charge in [-0.15, -0.1) is 0 Å². The van der Waals surface area contributed by atoms with E-state index in [1.165, 1.54) is 5.56 Å². The summed E-state index contributed by atoms with van der Waals surface area (Å²) in [5.74, 6) is 0.780. The number of carbonyl (C=O) groups is 1. The Kier molecular flexibility index (Phi) is 6.70. The maximum atomic E-state index is 14.0. The number of nitrogens with one attached hydrogen (secondary N) is 2. The maximum absolute atomic E-state index is 14.0. The number of anilines is 2. The average Bonchev–Trinajstić information content (AvgIpc) is 2.96. The molecule has 214 valence electrons. The highest BCUT2D eigenvalue weighted by molar-refractivity contribution is 6.30. The number of hydrogen-bond donors (Lipinski definition) is 2. The first-order chi connectivity index (χ1) is 20.5. The van der Waals surface area contributed by atoms with Crippen LogP contribution in [0, 0.1) is 12.0 Å². The number of aromatic nitrogens is 1. The van der Waals surface area contributed by atoms with Crippen LogP contribution in [0.2, 0.25) is 0 Å². The van der Waals surface area contributed by atoms with Gasteiger partial charge >= 0.3 is 0 Å². The van der Waals surface area contributed by atoms with E-state index in [0.29, 0.717) is 50.3 Å². The lowest BCUT2D eigenvalue weighted by Gasteiger charge is -2.33. The van der Waals surface area contributed by atoms with Crippen molar-refractivity contribution in [3.8, 4) is 22.6 Å². The third-order valence-electron chi connectivity index (χ3n) is 7.90. The third-order valence-corrected chi connectivity index (χ3v) is 7.90. The zero-order chi connectivity index (χ0) is 30.5. The standard InChI is InChI=1S/C37H33N3O3/c1-36(2,3)21-37(4,5)22-16-18-24(19-17-22)43-28-20-27(39-23-12-8-7-9-13-23)30-31-29(33(38-6)35(42)40-32(28)31)25-14-10-11-15-26(25)34(30)41/h7-20,39H,21H2,1-5H3,(H,40,42). The first-order valence-corrected chi connectivity index (χ1v) is 14.4. The summed E-state index contributed by atoms with van der Waals surface area (Å²) < 4.78 is 6.47. The summed E-state index contributed by atoms with van der Waals surface area (Å²) >= 11 is 0. The molecule has 0 saturated carbocycles. The van der Waals surface area contributed by atoms with Crippen LogP contribution in [-0.2, 0) is 5.41 Å². The van der Waals surface area contributed by atoms with Gasteiger partial charge in [0, 0.05) is 28.3 Å². The Hall–Kier alpha value is -5.15. The van der Waals surface area contributed by atoms with E-state index in [1.807, 2.05) is 48.5 Å². The van der Waals surface area contributed by atoms with Gasteiger partial charge in [-0.25, -0.2) is 4.85 Å². The van der Waals surface area contributed by atoms with Crippen molar-refractivity contribution < 1.29 is 9.53 Å². The van der Waals surface area contributed by atoms with Crippen molar-refractivity contribution in [3.05, 3.63) is 123 Å². The molecule has 5 aromatic rings. The molecule has 0 unspecified atom stereocenters. The second kappa shape index (κ2) is 10.3. The van der Waals surface area contributed by atoms with Crippen LogP contribution in [0.1, 0.15) is 62.5 Å². The van der Waals surface area contributed by atoms with E-state index < -0.39 is 5.56 Å². The molecule has 1 aliphatic carbocycles. The molecule has 0 amide bonds. The van der Waals surface area contributed by atoms with Gasteiger partial charge in [-0.3, -0.25) is 9.59 Å². The van der Waals surface area contributed by atoms with Crippen molar-refractivity contribution in [1.82, 2.24) is 4.98 Å². The fourth-order valence-corrected chi connectivity index (χ4v) is 6.46. The molecule has 1 aliphatic rings. The monoisotopic (exact) mass is 567 g/mol. The van der Waals surface area contributed by atoms with Crippen LogP contribution in [0.25, 0.3) is 26.9 Å². The highest BCUT2D eigenvalue weighted by Gasteiger charge is 2.33. The number of ketones is 1. The lowest BCUT2D eigenvalue weighted by molar-refractivity contribution is 0.104. The van der Waals surface area contributed by atoms with Gasteiger partial charge in [0.15, 0.2) is 11.5 Å². The van der Waals surface area contributed by atoms with Crippen LogP contribution >= 0.6 is 0 Å². The predicted molar refractivity (Wildman–Crippen MR) is 173 cm³/mol. The normalized spacial score (nSPS) is 12.5. The molecule has 4 aromatic carbocycles. The van der Waals surface area contributed by atoms with Crippen molar-refractivity contribution in [2.24, 2.45) is 5.41 Å². The molecule has 0 bridgehead atoms. The topological polar surface area (TPSA) is 75.5 Å². The van der Waals surface area contributed by atoms with E-state index in [2.05, 4.69) is 61.9 Å². The van der Waals surface area contributed by atoms with Gasteiger partial charge in [-0.05, 0) is 52.6 Å². The molecule has 6 rings (SSSR count). The van der Waals surface area contributed by atoms with E-state index in [0.717, 1.165) is 12.1 Å². The van der Waals surface area contributed by atoms with Crippen LogP contribution in [-0.4, -0.2) is 10.8 Å². The van der Waals surface area contributed by atoms with Crippen molar-refractivity contribution >= 4 is 33.7 Å². The second-order valence-corrected chi connectivity index (χ2v) is 13.0. The third kappa shape index (κ3) is 5.08. The largest absolute Gasteiger partial charge is 0.455 e. The molecule has 0 saturated heterocycles. The lowest BCUT2D eigenvalue weighted by atomic mass is 9.72. The number of H-pyrrole nitrogens is 1. The summed E-state index contributed by atoms with van der Waals surface area (Å²) in [4.78, 5) is 33.8. The van der Waals surface area contributed by atoms with Gasteiger partial charge in [0.05, 0.1) is 23.3 Å². The van der Waals surface area contributed by atoms with Crippen LogP contribution in [0.15, 0.2) is 89.7 Å². The minimum absolute atomic E-state index is 0.0288. The number of pyridine rings is 1. The van der Waals surface area contributed by atoms with Gasteiger partial charge in [-0.1, -0.05) is 89.2 Å². The molecule has 6 heteroatoms. The lowest BCUT2D eigenvalue weighted by Crippen LogP contribution is -2.24. The SMILES string of the molecule is [C-]#[N+]c1c2c3c(c(Nc4ccccc4)cc(Oc4ccc(C(C)(C)CC(C)(C)C)cc4)c3[nH]c1=O)C(=O)c1ccccc1-2. The highest BCUT2D eigenvalue weighted by Crippen LogP contribution is 2.48. The zero-order valence-electron chi connectivity index (χ0n) is 25.0. The molecule has 0 radical (unpaired) electrons. The van der Waals surface area contributed by atoms with Gasteiger partial charge in [0.2, 0.25) is 0 Å². The van der Waals surface area contributed by atoms with Crippen molar-refractivity contribution in [1.29, 1.82) is 0 Å². The predicted octanol–water partition coefficient (Wildman–Crippen LogP) is 9.54. The van der Waals surface area contributed by atoms with Crippen LogP contribution in [0.4, 0.5) is 17.1 Å². The molecule has 43 heavy (non-hydrogen) atoms. The fourth-order valence-electron chi connectivity index (χ4n) is 6.46. The van der Waals surface area contributed by atoms with Crippen molar-refractivity contribution in [2.75, 3.05) is 5.32 Å². The van der Waals surface area contributed by atoms with Crippen LogP contribution in [0.3, 0.4) is 0 Å². The summed E-state index contributed by atoms with van der Waals surface area (Å²) in [6.07, 6.45) is 1.02. The molecular formula is C37H33N3O3. The first kappa shape index (κ1) is 28.0. The number of ether oxygens (including phenoxy) is 1. The number of nitrogens with zero attached hydrogens (tertiary/aromatic N) is 1. The van der Waals surface area contributed by atoms with Crippen LogP contribution in [0.5, 0.6) is 11.5 Å². The van der Waals surface area contributed by atoms with E-state index in [9.17, 15) is 9.59 Å². The summed E-state index contributed by atoms with van der Waals surface area (Å²) in [5.41, 5.74) is 4.31. The Labute approximate surface area is 251 Å². The molecule has 0 aliphatic heterocycles. The highest BCUT2D eigenvalue weighted by atomic mass is 16.5. The molecule has 1 aromatic heterocycles. The molecule has 6 nitrogen and oxygen atoms in total. The van der Waals surface area contributed by atoms with E-state index in [1.54, 1.807) is 24.3 Å². The van der Waals surface area contributed by atoms with Gasteiger partial charge in [-0.2, -0.15) is 0 Å². The zero-order valence-corrected chi connectivity index (χ0v) is 25.0. The van der Waals surface area contributed by atoms with Crippen LogP contribution < -0.4 is 15.6 Å². The Balaban J connectivity index is 1.56. The Morgan fingerprint density at radius 1 is 0.837 bits per heavy atom. The van der Waals surface area contributed by atoms with Crippen molar-refractivity contribution in [3.63, 3.8) is 0 Å². The molecular weight excluding hydrogens is 534 g/mol. The first-order valence-electron chi connectivity index (χ1n) is 14.4. The maximum Gasteiger partial charge on any atom is 0.258 e. The minimum atomic E-state index is -0.527. The number of para-hydroxylation sites is 1. The summed E-state index contributed by atoms with van der Waals surface area (Å²) in [5, 5.41) is 3.89. The Morgan fingerprint density at radius 3 is 2.14 bits per heavy atom. The number of aromatic amines is 1. The number of fused-ring (bicyclic) bond motifs is 2. The molecule has 1 heterocycles. The van der Waals surface area contributed by atoms with E-state index >= 15 is 0 Å². The average molecular weight is 568 g/mol. The quantitative estimate of drug-likeness (QED) is 0.197. The summed E-state index contributed by atoms with van der Waals surface area (Å²) in [7, 11) is 0. The fraction of sp³-hybridized carbons (Fsp3) is 0.216. The van der Waals surface area contributed by atoms with Crippen molar-refractivity contribution in [2.45, 2.75) is 46.5 Å². The van der Waals surface area contributed by atoms with Gasteiger partial charge in [0.25, 0.3) is 11.2 Å². The summed E-state index contributed by atoms with van der Waals surface area (Å²) in [6, 6.07) is 26.5. The van der Waals surface area contributed by atoms with E-state index in [-0.39, 0.29) is 22.3 Å². The number of carbonyl (C=O) groups excluding carboxylic acids is 1. The smallest absolute Gasteiger partial charge is 0.258 e. The molecule has 2 N–H and O–H groups in total. The van der Waals surface area contributed by atoms with Gasteiger partial charge in [0.1, 0.15) is 5.75 Å². The molecule has 0 spiro atoms. The Bertz CT molecular complexity index is 1990. The van der Waals surface area contributed by atoms with Gasteiger partial charge < -0.3 is 15.0 Å². The number of hydrogen-bond acceptors (Lipinski definition) is 4. The number of rotatable bonds is 6. The Morgan fingerprint density at radius 2 is 1.49 bits per heavy atom. The number of benzene rings is 4. The minimum Gasteiger partial charge on any atom is -0.455 e.